The third kappa shape index (κ3) is 3.80. The molecule has 1 heterocycles. The van der Waals surface area contributed by atoms with Gasteiger partial charge in [-0.3, -0.25) is 9.59 Å². The van der Waals surface area contributed by atoms with Gasteiger partial charge in [-0.1, -0.05) is 6.92 Å². The lowest BCUT2D eigenvalue weighted by molar-refractivity contribution is -0.134. The smallest absolute Gasteiger partial charge is 0.253 e. The lowest BCUT2D eigenvalue weighted by Gasteiger charge is -2.31. The second kappa shape index (κ2) is 7.46. The van der Waals surface area contributed by atoms with Gasteiger partial charge in [-0.2, -0.15) is 0 Å². The van der Waals surface area contributed by atoms with Crippen LogP contribution in [0.4, 0.5) is 0 Å². The zero-order chi connectivity index (χ0) is 18.0. The first-order chi connectivity index (χ1) is 12.0. The topological polar surface area (TPSA) is 49.9 Å². The summed E-state index contributed by atoms with van der Waals surface area (Å²) in [7, 11) is 3.76. The fraction of sp³-hybridized carbons (Fsp3) is 0.600. The van der Waals surface area contributed by atoms with Crippen molar-refractivity contribution in [1.82, 2.24) is 9.80 Å². The van der Waals surface area contributed by atoms with Crippen LogP contribution >= 0.6 is 0 Å². The van der Waals surface area contributed by atoms with Crippen LogP contribution < -0.4 is 4.74 Å². The van der Waals surface area contributed by atoms with Gasteiger partial charge in [0.25, 0.3) is 5.91 Å². The molecule has 136 valence electrons. The number of piperidine rings is 1. The van der Waals surface area contributed by atoms with Crippen molar-refractivity contribution in [3.05, 3.63) is 29.8 Å². The number of fused-ring (bicyclic) bond motifs is 1. The highest BCUT2D eigenvalue weighted by molar-refractivity contribution is 5.94. The van der Waals surface area contributed by atoms with E-state index in [1.165, 1.54) is 0 Å². The number of carbonyl (C=O) groups is 2. The van der Waals surface area contributed by atoms with Crippen LogP contribution in [0, 0.1) is 11.8 Å². The normalized spacial score (nSPS) is 25.6. The molecule has 5 nitrogen and oxygen atoms in total. The Morgan fingerprint density at radius 2 is 1.92 bits per heavy atom. The van der Waals surface area contributed by atoms with Gasteiger partial charge >= 0.3 is 0 Å². The van der Waals surface area contributed by atoms with E-state index in [2.05, 4.69) is 6.92 Å². The van der Waals surface area contributed by atoms with Crippen molar-refractivity contribution in [2.45, 2.75) is 38.6 Å². The molecule has 0 aromatic heterocycles. The van der Waals surface area contributed by atoms with Crippen molar-refractivity contribution in [2.75, 3.05) is 27.2 Å². The Bertz CT molecular complexity index is 628. The van der Waals surface area contributed by atoms with Crippen molar-refractivity contribution in [3.63, 3.8) is 0 Å². The Labute approximate surface area is 149 Å². The molecule has 1 aromatic carbocycles. The van der Waals surface area contributed by atoms with Gasteiger partial charge in [-0.15, -0.1) is 0 Å². The van der Waals surface area contributed by atoms with Gasteiger partial charge in [-0.05, 0) is 55.4 Å². The van der Waals surface area contributed by atoms with Crippen LogP contribution in [0.1, 0.15) is 43.0 Å². The first-order valence-corrected chi connectivity index (χ1v) is 9.23. The Kier molecular flexibility index (Phi) is 5.30. The minimum Gasteiger partial charge on any atom is -0.494 e. The standard InChI is InChI=1S/C20H28N2O3/c1-4-9-25-18-7-5-14(6-8-18)20(24)22(3)17-10-15-12-19(23)21(2)13-16(15)11-17/h5-8,15-17H,4,9-13H2,1-3H3/t15-,16+,17-/m0/s1. The second-order valence-corrected chi connectivity index (χ2v) is 7.41. The molecule has 1 saturated carbocycles. The molecular weight excluding hydrogens is 316 g/mol. The summed E-state index contributed by atoms with van der Waals surface area (Å²) in [6.07, 6.45) is 3.51. The SMILES string of the molecule is CCCOc1ccc(C(=O)N(C)[C@H]2C[C@H]3CC(=O)N(C)C[C@H]3C2)cc1. The molecule has 3 rings (SSSR count). The fourth-order valence-electron chi connectivity index (χ4n) is 4.09. The highest BCUT2D eigenvalue weighted by Crippen LogP contribution is 2.40. The highest BCUT2D eigenvalue weighted by atomic mass is 16.5. The van der Waals surface area contributed by atoms with Crippen LogP contribution in [0.3, 0.4) is 0 Å². The van der Waals surface area contributed by atoms with E-state index in [0.717, 1.165) is 31.6 Å². The van der Waals surface area contributed by atoms with Gasteiger partial charge in [0.2, 0.25) is 5.91 Å². The lowest BCUT2D eigenvalue weighted by atomic mass is 9.88. The van der Waals surface area contributed by atoms with Gasteiger partial charge in [0, 0.05) is 38.7 Å². The maximum absolute atomic E-state index is 12.8. The maximum Gasteiger partial charge on any atom is 0.253 e. The predicted molar refractivity (Wildman–Crippen MR) is 96.6 cm³/mol. The van der Waals surface area contributed by atoms with E-state index in [1.54, 1.807) is 0 Å². The van der Waals surface area contributed by atoms with Crippen LogP contribution in [-0.2, 0) is 4.79 Å². The number of carbonyl (C=O) groups excluding carboxylic acids is 2. The van der Waals surface area contributed by atoms with Crippen molar-refractivity contribution in [1.29, 1.82) is 0 Å². The summed E-state index contributed by atoms with van der Waals surface area (Å²) in [4.78, 5) is 28.4. The van der Waals surface area contributed by atoms with Crippen LogP contribution in [-0.4, -0.2) is 54.9 Å². The van der Waals surface area contributed by atoms with E-state index in [-0.39, 0.29) is 17.9 Å². The second-order valence-electron chi connectivity index (χ2n) is 7.41. The molecule has 0 radical (unpaired) electrons. The third-order valence-electron chi connectivity index (χ3n) is 5.63. The Balaban J connectivity index is 1.62. The summed E-state index contributed by atoms with van der Waals surface area (Å²) in [6, 6.07) is 7.61. The monoisotopic (exact) mass is 344 g/mol. The van der Waals surface area contributed by atoms with E-state index in [1.807, 2.05) is 48.2 Å². The van der Waals surface area contributed by atoms with Gasteiger partial charge in [-0.25, -0.2) is 0 Å². The molecule has 2 aliphatic rings. The summed E-state index contributed by atoms with van der Waals surface area (Å²) >= 11 is 0. The number of ether oxygens (including phenoxy) is 1. The van der Waals surface area contributed by atoms with Crippen LogP contribution in [0.2, 0.25) is 0 Å². The first-order valence-electron chi connectivity index (χ1n) is 9.23. The zero-order valence-electron chi connectivity index (χ0n) is 15.4. The number of likely N-dealkylation sites (tertiary alicyclic amines) is 1. The van der Waals surface area contributed by atoms with Crippen LogP contribution in [0.25, 0.3) is 0 Å². The van der Waals surface area contributed by atoms with Crippen LogP contribution in [0.15, 0.2) is 24.3 Å². The molecule has 1 aromatic rings. The molecule has 1 aliphatic carbocycles. The van der Waals surface area contributed by atoms with Crippen molar-refractivity contribution < 1.29 is 14.3 Å². The summed E-state index contributed by atoms with van der Waals surface area (Å²) in [5.74, 6) is 2.03. The van der Waals surface area contributed by atoms with Crippen molar-refractivity contribution in [2.24, 2.45) is 11.8 Å². The molecule has 3 atom stereocenters. The number of benzene rings is 1. The minimum atomic E-state index is 0.0466. The maximum atomic E-state index is 12.8. The predicted octanol–water partition coefficient (Wildman–Crippen LogP) is 2.80. The van der Waals surface area contributed by atoms with Gasteiger partial charge in [0.1, 0.15) is 5.75 Å². The third-order valence-corrected chi connectivity index (χ3v) is 5.63. The molecule has 0 unspecified atom stereocenters. The average molecular weight is 344 g/mol. The Hall–Kier alpha value is -2.04. The zero-order valence-corrected chi connectivity index (χ0v) is 15.4. The van der Waals surface area contributed by atoms with Crippen LogP contribution in [0.5, 0.6) is 5.75 Å². The summed E-state index contributed by atoms with van der Waals surface area (Å²) in [6.45, 7) is 3.58. The summed E-state index contributed by atoms with van der Waals surface area (Å²) in [5, 5.41) is 0. The average Bonchev–Trinajstić information content (AvgIpc) is 3.02. The van der Waals surface area contributed by atoms with Crippen molar-refractivity contribution >= 4 is 11.8 Å². The molecule has 0 spiro atoms. The van der Waals surface area contributed by atoms with E-state index >= 15 is 0 Å². The molecule has 2 amide bonds. The highest BCUT2D eigenvalue weighted by Gasteiger charge is 2.42. The quantitative estimate of drug-likeness (QED) is 0.825. The Morgan fingerprint density at radius 1 is 1.24 bits per heavy atom. The fourth-order valence-corrected chi connectivity index (χ4v) is 4.09. The van der Waals surface area contributed by atoms with Gasteiger partial charge in [0.05, 0.1) is 6.61 Å². The number of nitrogens with zero attached hydrogens (tertiary/aromatic N) is 2. The number of hydrogen-bond acceptors (Lipinski definition) is 3. The molecule has 0 bridgehead atoms. The minimum absolute atomic E-state index is 0.0466. The molecule has 1 aliphatic heterocycles. The molecule has 25 heavy (non-hydrogen) atoms. The molecular formula is C20H28N2O3. The van der Waals surface area contributed by atoms with E-state index in [4.69, 9.17) is 4.74 Å². The molecule has 0 N–H and O–H groups in total. The molecule has 1 saturated heterocycles. The Morgan fingerprint density at radius 3 is 2.60 bits per heavy atom. The van der Waals surface area contributed by atoms with E-state index in [9.17, 15) is 9.59 Å². The summed E-state index contributed by atoms with van der Waals surface area (Å²) in [5.41, 5.74) is 0.689. The van der Waals surface area contributed by atoms with Crippen molar-refractivity contribution in [3.8, 4) is 5.75 Å². The number of hydrogen-bond donors (Lipinski definition) is 0. The molecule has 2 fully saturated rings. The largest absolute Gasteiger partial charge is 0.494 e. The van der Waals surface area contributed by atoms with E-state index in [0.29, 0.717) is 30.4 Å². The van der Waals surface area contributed by atoms with E-state index < -0.39 is 0 Å². The first kappa shape index (κ1) is 17.8. The van der Waals surface area contributed by atoms with Gasteiger partial charge in [0.15, 0.2) is 0 Å². The lowest BCUT2D eigenvalue weighted by Crippen LogP contribution is -2.39. The summed E-state index contributed by atoms with van der Waals surface area (Å²) < 4.78 is 5.57. The number of rotatable bonds is 5. The number of amides is 2. The molecule has 5 heteroatoms. The van der Waals surface area contributed by atoms with Gasteiger partial charge < -0.3 is 14.5 Å².